The van der Waals surface area contributed by atoms with Gasteiger partial charge in [-0.15, -0.1) is 0 Å². The number of ether oxygens (including phenoxy) is 3. The molecule has 6 nitrogen and oxygen atoms in total. The Bertz CT molecular complexity index is 783. The predicted octanol–water partition coefficient (Wildman–Crippen LogP) is 14.3. The van der Waals surface area contributed by atoms with E-state index in [1.54, 1.807) is 0 Å². The molecule has 0 fully saturated rings. The number of rotatable bonds is 41. The SMILES string of the molecule is CCCCCCCCCCCCCCCCCC(=O)OC[C@@H](COC(=O)CCCCCCCCCCC)OC(=O)CCCCCCCCC(C)CC. The minimum absolute atomic E-state index is 0.0647. The van der Waals surface area contributed by atoms with E-state index < -0.39 is 6.10 Å². The molecule has 0 bridgehead atoms. The number of hydrogen-bond acceptors (Lipinski definition) is 6. The molecular formula is C46H88O6. The average Bonchev–Trinajstić information content (AvgIpc) is 3.14. The van der Waals surface area contributed by atoms with Gasteiger partial charge in [0, 0.05) is 19.3 Å². The van der Waals surface area contributed by atoms with E-state index in [4.69, 9.17) is 14.2 Å². The van der Waals surface area contributed by atoms with Crippen LogP contribution in [0.3, 0.4) is 0 Å². The first-order chi connectivity index (χ1) is 25.4. The van der Waals surface area contributed by atoms with Crippen molar-refractivity contribution in [3.63, 3.8) is 0 Å². The van der Waals surface area contributed by atoms with Gasteiger partial charge in [-0.25, -0.2) is 0 Å². The molecule has 0 saturated carbocycles. The van der Waals surface area contributed by atoms with E-state index in [0.717, 1.165) is 63.7 Å². The smallest absolute Gasteiger partial charge is 0.306 e. The van der Waals surface area contributed by atoms with Crippen LogP contribution in [-0.2, 0) is 28.6 Å². The Morgan fingerprint density at radius 1 is 0.385 bits per heavy atom. The summed E-state index contributed by atoms with van der Waals surface area (Å²) in [6.45, 7) is 8.95. The van der Waals surface area contributed by atoms with Gasteiger partial charge in [0.2, 0.25) is 0 Å². The molecule has 1 unspecified atom stereocenters. The standard InChI is InChI=1S/C46H88O6/c1-5-8-10-12-14-16-17-18-19-20-21-23-25-30-34-38-45(48)51-41-43(40-50-44(47)37-33-29-24-22-15-13-11-9-6-2)52-46(49)39-35-31-27-26-28-32-36-42(4)7-3/h42-43H,5-41H2,1-4H3/t42?,43-/m1/s1. The molecule has 52 heavy (non-hydrogen) atoms. The number of carbonyl (C=O) groups excluding carboxylic acids is 3. The van der Waals surface area contributed by atoms with E-state index in [1.165, 1.54) is 148 Å². The summed E-state index contributed by atoms with van der Waals surface area (Å²) in [5.74, 6) is -0.0492. The van der Waals surface area contributed by atoms with Crippen molar-refractivity contribution in [3.8, 4) is 0 Å². The van der Waals surface area contributed by atoms with Crippen LogP contribution in [0.25, 0.3) is 0 Å². The van der Waals surface area contributed by atoms with Gasteiger partial charge >= 0.3 is 17.9 Å². The zero-order valence-corrected chi connectivity index (χ0v) is 35.3. The maximum atomic E-state index is 12.7. The highest BCUT2D eigenvalue weighted by Crippen LogP contribution is 2.17. The summed E-state index contributed by atoms with van der Waals surface area (Å²) in [6, 6.07) is 0. The molecule has 0 amide bonds. The Morgan fingerprint density at radius 3 is 1.00 bits per heavy atom. The summed E-state index contributed by atoms with van der Waals surface area (Å²) >= 11 is 0. The largest absolute Gasteiger partial charge is 0.462 e. The first-order valence-corrected chi connectivity index (χ1v) is 22.9. The fourth-order valence-corrected chi connectivity index (χ4v) is 6.77. The van der Waals surface area contributed by atoms with Crippen molar-refractivity contribution in [1.82, 2.24) is 0 Å². The van der Waals surface area contributed by atoms with Crippen LogP contribution in [0, 0.1) is 5.92 Å². The second-order valence-electron chi connectivity index (χ2n) is 15.9. The number of esters is 3. The lowest BCUT2D eigenvalue weighted by Crippen LogP contribution is -2.30. The Labute approximate surface area is 323 Å². The minimum Gasteiger partial charge on any atom is -0.462 e. The van der Waals surface area contributed by atoms with Crippen LogP contribution < -0.4 is 0 Å². The molecule has 6 heteroatoms. The van der Waals surface area contributed by atoms with Gasteiger partial charge in [0.25, 0.3) is 0 Å². The molecule has 308 valence electrons. The van der Waals surface area contributed by atoms with Crippen LogP contribution in [0.15, 0.2) is 0 Å². The van der Waals surface area contributed by atoms with Gasteiger partial charge in [0.05, 0.1) is 0 Å². The highest BCUT2D eigenvalue weighted by molar-refractivity contribution is 5.71. The van der Waals surface area contributed by atoms with Crippen LogP contribution >= 0.6 is 0 Å². The second-order valence-corrected chi connectivity index (χ2v) is 15.9. The fourth-order valence-electron chi connectivity index (χ4n) is 6.77. The van der Waals surface area contributed by atoms with Gasteiger partial charge in [-0.2, -0.15) is 0 Å². The van der Waals surface area contributed by atoms with E-state index in [1.807, 2.05) is 0 Å². The maximum absolute atomic E-state index is 12.7. The summed E-state index contributed by atoms with van der Waals surface area (Å²) in [7, 11) is 0. The predicted molar refractivity (Wildman–Crippen MR) is 220 cm³/mol. The lowest BCUT2D eigenvalue weighted by Gasteiger charge is -2.18. The van der Waals surface area contributed by atoms with Crippen LogP contribution in [0.2, 0.25) is 0 Å². The third-order valence-corrected chi connectivity index (χ3v) is 10.7. The first kappa shape index (κ1) is 50.4. The Balaban J connectivity index is 4.28. The molecule has 2 atom stereocenters. The summed E-state index contributed by atoms with van der Waals surface area (Å²) in [6.07, 6.45) is 39.5. The Kier molecular flexibility index (Phi) is 39.4. The van der Waals surface area contributed by atoms with Crippen molar-refractivity contribution in [3.05, 3.63) is 0 Å². The van der Waals surface area contributed by atoms with Crippen LogP contribution in [0.4, 0.5) is 0 Å². The highest BCUT2D eigenvalue weighted by atomic mass is 16.6. The number of carbonyl (C=O) groups is 3. The molecule has 0 aliphatic carbocycles. The third-order valence-electron chi connectivity index (χ3n) is 10.7. The second kappa shape index (κ2) is 40.6. The third kappa shape index (κ3) is 38.1. The van der Waals surface area contributed by atoms with Crippen molar-refractivity contribution in [1.29, 1.82) is 0 Å². The molecule has 0 aromatic heterocycles. The summed E-state index contributed by atoms with van der Waals surface area (Å²) < 4.78 is 16.7. The van der Waals surface area contributed by atoms with Gasteiger partial charge < -0.3 is 14.2 Å². The molecule has 0 aromatic carbocycles. The van der Waals surface area contributed by atoms with Crippen LogP contribution in [0.1, 0.15) is 252 Å². The quantitative estimate of drug-likeness (QED) is 0.0353. The Hall–Kier alpha value is -1.59. The van der Waals surface area contributed by atoms with Crippen molar-refractivity contribution < 1.29 is 28.6 Å². The van der Waals surface area contributed by atoms with Gasteiger partial charge in [-0.05, 0) is 25.2 Å². The van der Waals surface area contributed by atoms with E-state index >= 15 is 0 Å². The molecule has 0 spiro atoms. The summed E-state index contributed by atoms with van der Waals surface area (Å²) in [4.78, 5) is 37.6. The minimum atomic E-state index is -0.759. The highest BCUT2D eigenvalue weighted by Gasteiger charge is 2.19. The maximum Gasteiger partial charge on any atom is 0.306 e. The lowest BCUT2D eigenvalue weighted by molar-refractivity contribution is -0.167. The van der Waals surface area contributed by atoms with E-state index in [9.17, 15) is 14.4 Å². The van der Waals surface area contributed by atoms with E-state index in [2.05, 4.69) is 27.7 Å². The Morgan fingerprint density at radius 2 is 0.673 bits per heavy atom. The fraction of sp³-hybridized carbons (Fsp3) is 0.935. The topological polar surface area (TPSA) is 78.9 Å². The number of hydrogen-bond donors (Lipinski definition) is 0. The first-order valence-electron chi connectivity index (χ1n) is 22.9. The number of unbranched alkanes of at least 4 members (excludes halogenated alkanes) is 27. The molecule has 0 N–H and O–H groups in total. The molecule has 0 rings (SSSR count). The van der Waals surface area contributed by atoms with Crippen LogP contribution in [0.5, 0.6) is 0 Å². The summed E-state index contributed by atoms with van der Waals surface area (Å²) in [5.41, 5.74) is 0. The van der Waals surface area contributed by atoms with Gasteiger partial charge in [-0.1, -0.05) is 214 Å². The zero-order chi connectivity index (χ0) is 38.2. The van der Waals surface area contributed by atoms with Crippen molar-refractivity contribution in [2.24, 2.45) is 5.92 Å². The van der Waals surface area contributed by atoms with Crippen molar-refractivity contribution in [2.45, 2.75) is 259 Å². The van der Waals surface area contributed by atoms with Crippen molar-refractivity contribution in [2.75, 3.05) is 13.2 Å². The molecular weight excluding hydrogens is 648 g/mol. The molecule has 0 aliphatic rings. The normalized spacial score (nSPS) is 12.5. The zero-order valence-electron chi connectivity index (χ0n) is 35.3. The average molecular weight is 737 g/mol. The van der Waals surface area contributed by atoms with Gasteiger partial charge in [0.1, 0.15) is 13.2 Å². The molecule has 0 heterocycles. The molecule has 0 radical (unpaired) electrons. The van der Waals surface area contributed by atoms with E-state index in [0.29, 0.717) is 19.3 Å². The van der Waals surface area contributed by atoms with E-state index in [-0.39, 0.29) is 31.1 Å². The van der Waals surface area contributed by atoms with Gasteiger partial charge in [0.15, 0.2) is 6.10 Å². The monoisotopic (exact) mass is 737 g/mol. The summed E-state index contributed by atoms with van der Waals surface area (Å²) in [5, 5.41) is 0. The lowest BCUT2D eigenvalue weighted by atomic mass is 10.00. The molecule has 0 aliphatic heterocycles. The van der Waals surface area contributed by atoms with Crippen LogP contribution in [-0.4, -0.2) is 37.2 Å². The molecule has 0 saturated heterocycles. The van der Waals surface area contributed by atoms with Gasteiger partial charge in [-0.3, -0.25) is 14.4 Å². The molecule has 0 aromatic rings. The van der Waals surface area contributed by atoms with Crippen molar-refractivity contribution >= 4 is 17.9 Å².